The Kier molecular flexibility index (Phi) is 5.80. The van der Waals surface area contributed by atoms with E-state index in [0.29, 0.717) is 10.6 Å². The van der Waals surface area contributed by atoms with Gasteiger partial charge < -0.3 is 10.0 Å². The molecule has 1 atom stereocenters. The fourth-order valence-corrected chi connectivity index (χ4v) is 3.94. The van der Waals surface area contributed by atoms with Crippen LogP contribution in [0.5, 0.6) is 0 Å². The van der Waals surface area contributed by atoms with Gasteiger partial charge in [-0.25, -0.2) is 4.39 Å². The molecule has 24 heavy (non-hydrogen) atoms. The number of rotatable bonds is 5. The number of nitrogens with zero attached hydrogens (tertiary/aromatic N) is 4. The van der Waals surface area contributed by atoms with Crippen molar-refractivity contribution in [1.82, 2.24) is 15.1 Å². The summed E-state index contributed by atoms with van der Waals surface area (Å²) in [6.45, 7) is 6.16. The molecular weight excluding hydrogens is 395 g/mol. The number of aliphatic hydroxyl groups is 1. The molecule has 1 aromatic heterocycles. The number of aromatic nitrogens is 2. The summed E-state index contributed by atoms with van der Waals surface area (Å²) < 4.78 is 14.8. The third-order valence-corrected chi connectivity index (χ3v) is 5.67. The number of hydrogen-bond acceptors (Lipinski definition) is 6. The number of benzene rings is 1. The van der Waals surface area contributed by atoms with Gasteiger partial charge in [-0.1, -0.05) is 34.2 Å². The van der Waals surface area contributed by atoms with Crippen LogP contribution in [0.4, 0.5) is 9.52 Å². The van der Waals surface area contributed by atoms with Gasteiger partial charge in [-0.3, -0.25) is 4.90 Å². The van der Waals surface area contributed by atoms with E-state index in [1.54, 1.807) is 12.1 Å². The molecule has 0 saturated carbocycles. The minimum Gasteiger partial charge on any atom is -0.392 e. The number of anilines is 1. The summed E-state index contributed by atoms with van der Waals surface area (Å²) in [4.78, 5) is 4.44. The van der Waals surface area contributed by atoms with Gasteiger partial charge in [-0.2, -0.15) is 0 Å². The van der Waals surface area contributed by atoms with Gasteiger partial charge in [0.25, 0.3) is 0 Å². The summed E-state index contributed by atoms with van der Waals surface area (Å²) in [6, 6.07) is 4.83. The molecule has 0 spiro atoms. The van der Waals surface area contributed by atoms with E-state index in [1.807, 2.05) is 6.92 Å². The zero-order valence-electron chi connectivity index (χ0n) is 13.5. The maximum atomic E-state index is 14.0. The molecule has 0 aliphatic carbocycles. The highest BCUT2D eigenvalue weighted by Crippen LogP contribution is 2.32. The molecule has 1 N–H and O–H groups in total. The van der Waals surface area contributed by atoms with Crippen LogP contribution in [0.25, 0.3) is 10.6 Å². The van der Waals surface area contributed by atoms with Gasteiger partial charge in [0, 0.05) is 42.8 Å². The van der Waals surface area contributed by atoms with Crippen molar-refractivity contribution in [3.8, 4) is 10.6 Å². The van der Waals surface area contributed by atoms with Crippen LogP contribution in [-0.2, 0) is 0 Å². The van der Waals surface area contributed by atoms with Gasteiger partial charge in [0.15, 0.2) is 5.01 Å². The first-order valence-electron chi connectivity index (χ1n) is 8.01. The molecule has 2 aromatic rings. The SMILES string of the molecule is CCC(O)CN1CCN(c2nnc(-c3cc(Br)ccc3F)s2)CC1. The Bertz CT molecular complexity index is 690. The molecule has 0 bridgehead atoms. The fraction of sp³-hybridized carbons (Fsp3) is 0.500. The van der Waals surface area contributed by atoms with E-state index in [2.05, 4.69) is 35.9 Å². The number of hydrogen-bond donors (Lipinski definition) is 1. The third-order valence-electron chi connectivity index (χ3n) is 4.16. The first-order valence-corrected chi connectivity index (χ1v) is 9.62. The van der Waals surface area contributed by atoms with Gasteiger partial charge in [-0.15, -0.1) is 10.2 Å². The predicted octanol–water partition coefficient (Wildman–Crippen LogP) is 3.00. The van der Waals surface area contributed by atoms with Crippen LogP contribution in [0.15, 0.2) is 22.7 Å². The summed E-state index contributed by atoms with van der Waals surface area (Å²) in [6.07, 6.45) is 0.516. The standard InChI is InChI=1S/C16H20BrFN4OS/c1-2-12(23)10-21-5-7-22(8-6-21)16-20-19-15(24-16)13-9-11(17)3-4-14(13)18/h3-4,9,12,23H,2,5-8,10H2,1H3. The van der Waals surface area contributed by atoms with Gasteiger partial charge >= 0.3 is 0 Å². The van der Waals surface area contributed by atoms with Crippen LogP contribution in [0.2, 0.25) is 0 Å². The highest BCUT2D eigenvalue weighted by atomic mass is 79.9. The van der Waals surface area contributed by atoms with Gasteiger partial charge in [0.2, 0.25) is 5.13 Å². The molecule has 1 unspecified atom stereocenters. The predicted molar refractivity (Wildman–Crippen MR) is 98.0 cm³/mol. The van der Waals surface area contributed by atoms with E-state index in [9.17, 15) is 9.50 Å². The van der Waals surface area contributed by atoms with E-state index in [4.69, 9.17) is 0 Å². The second kappa shape index (κ2) is 7.86. The molecule has 5 nitrogen and oxygen atoms in total. The molecule has 1 aliphatic heterocycles. The van der Waals surface area contributed by atoms with Crippen molar-refractivity contribution < 1.29 is 9.50 Å². The highest BCUT2D eigenvalue weighted by molar-refractivity contribution is 9.10. The minimum absolute atomic E-state index is 0.260. The fourth-order valence-electron chi connectivity index (χ4n) is 2.66. The maximum Gasteiger partial charge on any atom is 0.208 e. The summed E-state index contributed by atoms with van der Waals surface area (Å²) >= 11 is 4.77. The van der Waals surface area contributed by atoms with Crippen molar-refractivity contribution in [2.75, 3.05) is 37.6 Å². The maximum absolute atomic E-state index is 14.0. The topological polar surface area (TPSA) is 52.5 Å². The van der Waals surface area contributed by atoms with Crippen LogP contribution in [0.3, 0.4) is 0 Å². The lowest BCUT2D eigenvalue weighted by Gasteiger charge is -2.35. The van der Waals surface area contributed by atoms with Crippen LogP contribution in [0.1, 0.15) is 13.3 Å². The van der Waals surface area contributed by atoms with Crippen molar-refractivity contribution in [2.45, 2.75) is 19.4 Å². The lowest BCUT2D eigenvalue weighted by atomic mass is 10.2. The molecule has 1 aromatic carbocycles. The zero-order chi connectivity index (χ0) is 17.1. The monoisotopic (exact) mass is 414 g/mol. The summed E-state index contributed by atoms with van der Waals surface area (Å²) in [5.41, 5.74) is 0.470. The molecule has 130 valence electrons. The Morgan fingerprint density at radius 1 is 1.29 bits per heavy atom. The molecule has 0 amide bonds. The van der Waals surface area contributed by atoms with E-state index in [0.717, 1.165) is 48.7 Å². The Morgan fingerprint density at radius 3 is 2.75 bits per heavy atom. The first kappa shape index (κ1) is 17.7. The average Bonchev–Trinajstić information content (AvgIpc) is 3.07. The second-order valence-electron chi connectivity index (χ2n) is 5.86. The molecule has 1 aliphatic rings. The molecule has 1 saturated heterocycles. The molecule has 1 fully saturated rings. The van der Waals surface area contributed by atoms with Crippen LogP contribution >= 0.6 is 27.3 Å². The molecule has 8 heteroatoms. The summed E-state index contributed by atoms with van der Waals surface area (Å²) in [7, 11) is 0. The Hall–Kier alpha value is -1.09. The highest BCUT2D eigenvalue weighted by Gasteiger charge is 2.22. The number of halogens is 2. The summed E-state index contributed by atoms with van der Waals surface area (Å²) in [5.74, 6) is -0.292. The van der Waals surface area contributed by atoms with Crippen molar-refractivity contribution in [3.63, 3.8) is 0 Å². The third kappa shape index (κ3) is 4.11. The average molecular weight is 415 g/mol. The lowest BCUT2D eigenvalue weighted by molar-refractivity contribution is 0.106. The van der Waals surface area contributed by atoms with Gasteiger partial charge in [0.05, 0.1) is 6.10 Å². The molecular formula is C16H20BrFN4OS. The van der Waals surface area contributed by atoms with Crippen molar-refractivity contribution in [2.24, 2.45) is 0 Å². The first-order chi connectivity index (χ1) is 11.6. The Balaban J connectivity index is 1.66. The smallest absolute Gasteiger partial charge is 0.208 e. The molecule has 3 rings (SSSR count). The largest absolute Gasteiger partial charge is 0.392 e. The van der Waals surface area contributed by atoms with Crippen molar-refractivity contribution in [3.05, 3.63) is 28.5 Å². The molecule has 0 radical (unpaired) electrons. The normalized spacial score (nSPS) is 17.2. The number of piperazine rings is 1. The quantitative estimate of drug-likeness (QED) is 0.814. The van der Waals surface area contributed by atoms with Gasteiger partial charge in [0.1, 0.15) is 5.82 Å². The van der Waals surface area contributed by atoms with Crippen LogP contribution < -0.4 is 4.90 Å². The van der Waals surface area contributed by atoms with Crippen molar-refractivity contribution in [1.29, 1.82) is 0 Å². The van der Waals surface area contributed by atoms with E-state index in [1.165, 1.54) is 17.4 Å². The van der Waals surface area contributed by atoms with E-state index in [-0.39, 0.29) is 11.9 Å². The van der Waals surface area contributed by atoms with Crippen LogP contribution in [-0.4, -0.2) is 59.0 Å². The van der Waals surface area contributed by atoms with Gasteiger partial charge in [-0.05, 0) is 24.6 Å². The number of β-amino-alcohol motifs (C(OH)–C–C–N with tert-alkyl or cyclic N) is 1. The Labute approximate surface area is 153 Å². The van der Waals surface area contributed by atoms with E-state index < -0.39 is 0 Å². The van der Waals surface area contributed by atoms with Crippen molar-refractivity contribution >= 4 is 32.4 Å². The number of aliphatic hydroxyl groups excluding tert-OH is 1. The summed E-state index contributed by atoms with van der Waals surface area (Å²) in [5, 5.41) is 19.6. The molecule has 2 heterocycles. The minimum atomic E-state index is -0.292. The zero-order valence-corrected chi connectivity index (χ0v) is 15.9. The van der Waals surface area contributed by atoms with Crippen LogP contribution in [0, 0.1) is 5.82 Å². The second-order valence-corrected chi connectivity index (χ2v) is 7.74. The lowest BCUT2D eigenvalue weighted by Crippen LogP contribution is -2.48. The van der Waals surface area contributed by atoms with E-state index >= 15 is 0 Å². The Morgan fingerprint density at radius 2 is 2.04 bits per heavy atom.